The van der Waals surface area contributed by atoms with Gasteiger partial charge in [0.05, 0.1) is 0 Å². The van der Waals surface area contributed by atoms with Crippen molar-refractivity contribution in [3.63, 3.8) is 0 Å². The molecule has 4 N–H and O–H groups in total. The van der Waals surface area contributed by atoms with Crippen molar-refractivity contribution in [3.8, 4) is 0 Å². The molecule has 5 heteroatoms. The fourth-order valence-corrected chi connectivity index (χ4v) is 1.20. The number of carbonyl (C=O) groups excluding carboxylic acids is 1. The minimum Gasteiger partial charge on any atom is -0.352 e. The van der Waals surface area contributed by atoms with E-state index in [2.05, 4.69) is 27.8 Å². The van der Waals surface area contributed by atoms with Crippen molar-refractivity contribution in [3.05, 3.63) is 12.7 Å². The largest absolute Gasteiger partial charge is 0.352 e. The van der Waals surface area contributed by atoms with E-state index in [0.29, 0.717) is 6.54 Å². The molecule has 0 saturated heterocycles. The molecular weight excluding hydrogens is 180 g/mol. The summed E-state index contributed by atoms with van der Waals surface area (Å²) in [6.07, 6.45) is 2.00. The molecule has 0 atom stereocenters. The third-order valence-corrected chi connectivity index (χ3v) is 2.26. The molecule has 0 aliphatic rings. The Bertz CT molecular complexity index is 181. The van der Waals surface area contributed by atoms with Crippen LogP contribution in [0.15, 0.2) is 12.7 Å². The Morgan fingerprint density at radius 1 is 1.29 bits per heavy atom. The number of rotatable bonds is 7. The van der Waals surface area contributed by atoms with E-state index in [0.717, 1.165) is 6.42 Å². The van der Waals surface area contributed by atoms with Gasteiger partial charge in [0.15, 0.2) is 0 Å². The van der Waals surface area contributed by atoms with E-state index in [1.54, 1.807) is 0 Å². The van der Waals surface area contributed by atoms with E-state index >= 15 is 0 Å². The van der Waals surface area contributed by atoms with Gasteiger partial charge in [-0.05, 0) is 27.2 Å². The zero-order valence-electron chi connectivity index (χ0n) is 9.11. The van der Waals surface area contributed by atoms with Gasteiger partial charge in [-0.1, -0.05) is 6.58 Å². The van der Waals surface area contributed by atoms with Crippen LogP contribution in [0.1, 0.15) is 6.42 Å². The lowest BCUT2D eigenvalue weighted by Crippen LogP contribution is -2.64. The van der Waals surface area contributed by atoms with Gasteiger partial charge in [0, 0.05) is 13.0 Å². The van der Waals surface area contributed by atoms with Gasteiger partial charge in [0.25, 0.3) is 0 Å². The summed E-state index contributed by atoms with van der Waals surface area (Å²) in [7, 11) is 5.55. The van der Waals surface area contributed by atoms with E-state index < -0.39 is 0 Å². The molecule has 14 heavy (non-hydrogen) atoms. The number of carbonyl (C=O) groups is 1. The van der Waals surface area contributed by atoms with Gasteiger partial charge in [-0.25, -0.2) is 0 Å². The number of hydrogen-bond donors (Lipinski definition) is 4. The second-order valence-electron chi connectivity index (χ2n) is 2.90. The standard InChI is InChI=1S/C9H20N4O/c1-5-8(14)13-7-6-9(10-2,11-3)12-4/h5,10-12H,1,6-7H2,2-4H3,(H,13,14). The van der Waals surface area contributed by atoms with Crippen molar-refractivity contribution in [2.75, 3.05) is 27.7 Å². The summed E-state index contributed by atoms with van der Waals surface area (Å²) < 4.78 is 0. The van der Waals surface area contributed by atoms with E-state index in [1.165, 1.54) is 6.08 Å². The van der Waals surface area contributed by atoms with Gasteiger partial charge < -0.3 is 5.32 Å². The molecule has 0 aromatic rings. The highest BCUT2D eigenvalue weighted by atomic mass is 16.1. The lowest BCUT2D eigenvalue weighted by atomic mass is 10.2. The van der Waals surface area contributed by atoms with Gasteiger partial charge in [0.2, 0.25) is 5.91 Å². The van der Waals surface area contributed by atoms with Crippen molar-refractivity contribution >= 4 is 5.91 Å². The molecular formula is C9H20N4O. The summed E-state index contributed by atoms with van der Waals surface area (Å²) >= 11 is 0. The average Bonchev–Trinajstić information content (AvgIpc) is 2.25. The Morgan fingerprint density at radius 3 is 2.14 bits per heavy atom. The summed E-state index contributed by atoms with van der Waals surface area (Å²) in [4.78, 5) is 10.9. The van der Waals surface area contributed by atoms with Crippen LogP contribution in [0.2, 0.25) is 0 Å². The van der Waals surface area contributed by atoms with Gasteiger partial charge in [-0.3, -0.25) is 20.7 Å². The fraction of sp³-hybridized carbons (Fsp3) is 0.667. The van der Waals surface area contributed by atoms with Crippen molar-refractivity contribution in [2.45, 2.75) is 12.2 Å². The number of hydrogen-bond acceptors (Lipinski definition) is 4. The maximum Gasteiger partial charge on any atom is 0.243 e. The maximum absolute atomic E-state index is 10.9. The molecule has 0 aliphatic carbocycles. The van der Waals surface area contributed by atoms with Crippen LogP contribution in [-0.2, 0) is 4.79 Å². The van der Waals surface area contributed by atoms with Gasteiger partial charge in [-0.15, -0.1) is 0 Å². The van der Waals surface area contributed by atoms with Crippen molar-refractivity contribution in [1.29, 1.82) is 0 Å². The molecule has 0 radical (unpaired) electrons. The summed E-state index contributed by atoms with van der Waals surface area (Å²) in [5, 5.41) is 12.0. The SMILES string of the molecule is C=CC(=O)NCCC(NC)(NC)NC. The summed E-state index contributed by atoms with van der Waals surface area (Å²) in [5.41, 5.74) is 0. The highest BCUT2D eigenvalue weighted by Gasteiger charge is 2.22. The van der Waals surface area contributed by atoms with E-state index in [1.807, 2.05) is 21.1 Å². The van der Waals surface area contributed by atoms with Gasteiger partial charge in [-0.2, -0.15) is 0 Å². The maximum atomic E-state index is 10.9. The van der Waals surface area contributed by atoms with Gasteiger partial charge >= 0.3 is 0 Å². The Labute approximate surface area is 85.3 Å². The monoisotopic (exact) mass is 200 g/mol. The highest BCUT2D eigenvalue weighted by Crippen LogP contribution is 1.97. The number of amides is 1. The van der Waals surface area contributed by atoms with E-state index in [4.69, 9.17) is 0 Å². The second-order valence-corrected chi connectivity index (χ2v) is 2.90. The Kier molecular flexibility index (Phi) is 6.11. The Balaban J connectivity index is 3.94. The van der Waals surface area contributed by atoms with Crippen LogP contribution in [0, 0.1) is 0 Å². The molecule has 5 nitrogen and oxygen atoms in total. The van der Waals surface area contributed by atoms with Crippen molar-refractivity contribution < 1.29 is 4.79 Å². The second kappa shape index (κ2) is 6.53. The first-order valence-corrected chi connectivity index (χ1v) is 4.61. The minimum atomic E-state index is -0.339. The van der Waals surface area contributed by atoms with Crippen LogP contribution in [0.3, 0.4) is 0 Å². The van der Waals surface area contributed by atoms with E-state index in [-0.39, 0.29) is 11.7 Å². The van der Waals surface area contributed by atoms with Crippen LogP contribution in [0.25, 0.3) is 0 Å². The molecule has 1 amide bonds. The molecule has 0 aromatic carbocycles. The van der Waals surface area contributed by atoms with Crippen LogP contribution >= 0.6 is 0 Å². The van der Waals surface area contributed by atoms with Gasteiger partial charge in [0.1, 0.15) is 5.79 Å². The van der Waals surface area contributed by atoms with E-state index in [9.17, 15) is 4.79 Å². The minimum absolute atomic E-state index is 0.151. The predicted molar refractivity (Wildman–Crippen MR) is 57.7 cm³/mol. The van der Waals surface area contributed by atoms with Crippen molar-refractivity contribution in [2.24, 2.45) is 0 Å². The molecule has 0 bridgehead atoms. The lowest BCUT2D eigenvalue weighted by molar-refractivity contribution is -0.116. The molecule has 0 saturated carbocycles. The summed E-state index contributed by atoms with van der Waals surface area (Å²) in [6.45, 7) is 3.95. The average molecular weight is 200 g/mol. The Morgan fingerprint density at radius 2 is 1.79 bits per heavy atom. The van der Waals surface area contributed by atoms with Crippen molar-refractivity contribution in [1.82, 2.24) is 21.3 Å². The van der Waals surface area contributed by atoms with Crippen LogP contribution in [0.4, 0.5) is 0 Å². The van der Waals surface area contributed by atoms with Crippen LogP contribution in [-0.4, -0.2) is 39.4 Å². The normalized spacial score (nSPS) is 11.1. The van der Waals surface area contributed by atoms with Crippen LogP contribution in [0.5, 0.6) is 0 Å². The molecule has 0 unspecified atom stereocenters. The topological polar surface area (TPSA) is 65.2 Å². The zero-order valence-corrected chi connectivity index (χ0v) is 9.11. The molecule has 82 valence electrons. The predicted octanol–water partition coefficient (Wildman–Crippen LogP) is -1.01. The molecule has 0 heterocycles. The first-order chi connectivity index (χ1) is 6.64. The molecule has 0 spiro atoms. The molecule has 0 aromatic heterocycles. The first kappa shape index (κ1) is 13.1. The molecule has 0 aliphatic heterocycles. The first-order valence-electron chi connectivity index (χ1n) is 4.61. The Hall–Kier alpha value is -0.910. The summed E-state index contributed by atoms with van der Waals surface area (Å²) in [5.74, 6) is -0.490. The third kappa shape index (κ3) is 3.87. The summed E-state index contributed by atoms with van der Waals surface area (Å²) in [6, 6.07) is 0. The molecule has 0 rings (SSSR count). The lowest BCUT2D eigenvalue weighted by Gasteiger charge is -2.32. The number of nitrogens with one attached hydrogen (secondary N) is 4. The highest BCUT2D eigenvalue weighted by molar-refractivity contribution is 5.86. The quantitative estimate of drug-likeness (QED) is 0.314. The zero-order chi connectivity index (χ0) is 11.0. The smallest absolute Gasteiger partial charge is 0.243 e. The third-order valence-electron chi connectivity index (χ3n) is 2.26. The van der Waals surface area contributed by atoms with Crippen LogP contribution < -0.4 is 21.3 Å². The fourth-order valence-electron chi connectivity index (χ4n) is 1.20. The molecule has 0 fully saturated rings.